The number of hydrogen-bond acceptors (Lipinski definition) is 7. The second-order valence-electron chi connectivity index (χ2n) is 5.83. The van der Waals surface area contributed by atoms with Crippen LogP contribution >= 0.6 is 11.3 Å². The van der Waals surface area contributed by atoms with Crippen molar-refractivity contribution in [2.45, 2.75) is 32.1 Å². The van der Waals surface area contributed by atoms with Gasteiger partial charge in [-0.3, -0.25) is 14.9 Å². The molecule has 2 N–H and O–H groups in total. The van der Waals surface area contributed by atoms with Crippen LogP contribution in [0.3, 0.4) is 0 Å². The van der Waals surface area contributed by atoms with Crippen LogP contribution in [-0.2, 0) is 23.0 Å². The molecule has 0 unspecified atom stereocenters. The molecule has 25 heavy (non-hydrogen) atoms. The van der Waals surface area contributed by atoms with E-state index in [-0.39, 0.29) is 12.2 Å². The number of aromatic nitrogens is 3. The van der Waals surface area contributed by atoms with E-state index < -0.39 is 26.7 Å². The minimum Gasteiger partial charge on any atom is -0.296 e. The quantitative estimate of drug-likeness (QED) is 0.795. The number of amides is 1. The lowest BCUT2D eigenvalue weighted by atomic mass is 10.2. The molecule has 0 fully saturated rings. The summed E-state index contributed by atoms with van der Waals surface area (Å²) in [6, 6.07) is 2.53. The van der Waals surface area contributed by atoms with Crippen molar-refractivity contribution in [1.29, 1.82) is 0 Å². The standard InChI is InChI=1S/C14H17N5O4S2/c1-8(2)25(22,23)19-6-5-9-11(7-19)24-14(15-9)16-13(21)10-3-4-12(20)18-17-10/h3-4,8H,5-7H2,1-2H3,(H,18,20)(H,15,16,21). The molecule has 0 spiro atoms. The van der Waals surface area contributed by atoms with Crippen molar-refractivity contribution in [2.24, 2.45) is 0 Å². The third-order valence-electron chi connectivity index (χ3n) is 3.78. The van der Waals surface area contributed by atoms with Crippen molar-refractivity contribution < 1.29 is 13.2 Å². The molecule has 134 valence electrons. The molecule has 0 saturated carbocycles. The Bertz CT molecular complexity index is 943. The molecule has 3 rings (SSSR count). The molecule has 0 bridgehead atoms. The van der Waals surface area contributed by atoms with Crippen molar-refractivity contribution in [3.63, 3.8) is 0 Å². The van der Waals surface area contributed by atoms with E-state index in [4.69, 9.17) is 0 Å². The zero-order valence-electron chi connectivity index (χ0n) is 13.6. The van der Waals surface area contributed by atoms with E-state index in [9.17, 15) is 18.0 Å². The first kappa shape index (κ1) is 17.7. The van der Waals surface area contributed by atoms with E-state index in [0.717, 1.165) is 10.6 Å². The molecule has 1 amide bonds. The summed E-state index contributed by atoms with van der Waals surface area (Å²) in [5.41, 5.74) is 0.467. The molecule has 0 radical (unpaired) electrons. The summed E-state index contributed by atoms with van der Waals surface area (Å²) in [5.74, 6) is -0.492. The van der Waals surface area contributed by atoms with Crippen LogP contribution < -0.4 is 10.9 Å². The Morgan fingerprint density at radius 2 is 2.16 bits per heavy atom. The summed E-state index contributed by atoms with van der Waals surface area (Å²) < 4.78 is 26.0. The topological polar surface area (TPSA) is 125 Å². The highest BCUT2D eigenvalue weighted by molar-refractivity contribution is 7.89. The second-order valence-corrected chi connectivity index (χ2v) is 9.40. The molecule has 2 aromatic rings. The van der Waals surface area contributed by atoms with Gasteiger partial charge in [-0.2, -0.15) is 9.40 Å². The van der Waals surface area contributed by atoms with Gasteiger partial charge in [-0.15, -0.1) is 11.3 Å². The molecule has 0 aromatic carbocycles. The highest BCUT2D eigenvalue weighted by Gasteiger charge is 2.31. The number of rotatable bonds is 4. The number of H-pyrrole nitrogens is 1. The lowest BCUT2D eigenvalue weighted by Gasteiger charge is -2.26. The third-order valence-corrected chi connectivity index (χ3v) is 7.00. The van der Waals surface area contributed by atoms with Crippen molar-refractivity contribution in [3.05, 3.63) is 38.8 Å². The van der Waals surface area contributed by atoms with Crippen molar-refractivity contribution in [3.8, 4) is 0 Å². The lowest BCUT2D eigenvalue weighted by molar-refractivity contribution is 0.102. The molecule has 1 aliphatic rings. The molecule has 0 aliphatic carbocycles. The molecule has 0 saturated heterocycles. The van der Waals surface area contributed by atoms with Crippen LogP contribution in [0.25, 0.3) is 0 Å². The maximum atomic E-state index is 12.3. The maximum Gasteiger partial charge on any atom is 0.277 e. The molecule has 11 heteroatoms. The van der Waals surface area contributed by atoms with E-state index >= 15 is 0 Å². The van der Waals surface area contributed by atoms with Crippen LogP contribution in [0.15, 0.2) is 16.9 Å². The number of aromatic amines is 1. The first-order valence-corrected chi connectivity index (χ1v) is 9.94. The van der Waals surface area contributed by atoms with Gasteiger partial charge in [0.15, 0.2) is 5.13 Å². The normalized spacial score (nSPS) is 15.2. The average Bonchev–Trinajstić information content (AvgIpc) is 2.96. The number of nitrogens with zero attached hydrogens (tertiary/aromatic N) is 3. The SMILES string of the molecule is CC(C)S(=O)(=O)N1CCc2nc(NC(=O)c3ccc(=O)[nH]n3)sc2C1. The van der Waals surface area contributed by atoms with Gasteiger partial charge in [0.1, 0.15) is 5.69 Å². The van der Waals surface area contributed by atoms with Gasteiger partial charge in [0.05, 0.1) is 10.9 Å². The smallest absolute Gasteiger partial charge is 0.277 e. The van der Waals surface area contributed by atoms with Gasteiger partial charge in [0.2, 0.25) is 10.0 Å². The molecule has 1 aliphatic heterocycles. The Kier molecular flexibility index (Phi) is 4.71. The van der Waals surface area contributed by atoms with Gasteiger partial charge in [-0.1, -0.05) is 0 Å². The van der Waals surface area contributed by atoms with Crippen LogP contribution in [-0.4, -0.2) is 45.6 Å². The summed E-state index contributed by atoms with van der Waals surface area (Å²) in [6.45, 7) is 3.95. The van der Waals surface area contributed by atoms with Gasteiger partial charge >= 0.3 is 0 Å². The first-order valence-electron chi connectivity index (χ1n) is 7.62. The highest BCUT2D eigenvalue weighted by Crippen LogP contribution is 2.30. The summed E-state index contributed by atoms with van der Waals surface area (Å²) >= 11 is 1.24. The van der Waals surface area contributed by atoms with Crippen LogP contribution in [0.5, 0.6) is 0 Å². The predicted octanol–water partition coefficient (Wildman–Crippen LogP) is 0.575. The van der Waals surface area contributed by atoms with Crippen LogP contribution in [0.4, 0.5) is 5.13 Å². The van der Waals surface area contributed by atoms with Crippen molar-refractivity contribution in [2.75, 3.05) is 11.9 Å². The summed E-state index contributed by atoms with van der Waals surface area (Å²) in [6.07, 6.45) is 0.505. The zero-order chi connectivity index (χ0) is 18.2. The Morgan fingerprint density at radius 1 is 1.40 bits per heavy atom. The fraction of sp³-hybridized carbons (Fsp3) is 0.429. The Labute approximate surface area is 148 Å². The Morgan fingerprint density at radius 3 is 2.80 bits per heavy atom. The van der Waals surface area contributed by atoms with E-state index in [2.05, 4.69) is 20.5 Å². The lowest BCUT2D eigenvalue weighted by Crippen LogP contribution is -2.39. The van der Waals surface area contributed by atoms with E-state index in [0.29, 0.717) is 18.1 Å². The number of hydrogen-bond donors (Lipinski definition) is 2. The number of thiazole rings is 1. The largest absolute Gasteiger partial charge is 0.296 e. The number of nitrogens with one attached hydrogen (secondary N) is 2. The van der Waals surface area contributed by atoms with Crippen molar-refractivity contribution >= 4 is 32.4 Å². The number of carbonyl (C=O) groups excluding carboxylic acids is 1. The third kappa shape index (κ3) is 3.62. The van der Waals surface area contributed by atoms with Crippen molar-refractivity contribution in [1.82, 2.24) is 19.5 Å². The van der Waals surface area contributed by atoms with Gasteiger partial charge in [-0.05, 0) is 19.9 Å². The fourth-order valence-corrected chi connectivity index (χ4v) is 4.72. The Hall–Kier alpha value is -2.11. The highest BCUT2D eigenvalue weighted by atomic mass is 32.2. The summed E-state index contributed by atoms with van der Waals surface area (Å²) in [7, 11) is -3.32. The van der Waals surface area contributed by atoms with Gasteiger partial charge in [0.25, 0.3) is 11.5 Å². The van der Waals surface area contributed by atoms with Crippen LogP contribution in [0.1, 0.15) is 34.9 Å². The van der Waals surface area contributed by atoms with Gasteiger partial charge in [0, 0.05) is 30.5 Å². The van der Waals surface area contributed by atoms with Crippen LogP contribution in [0, 0.1) is 0 Å². The minimum atomic E-state index is -3.32. The number of anilines is 1. The van der Waals surface area contributed by atoms with E-state index in [1.165, 1.54) is 27.8 Å². The van der Waals surface area contributed by atoms with E-state index in [1.54, 1.807) is 13.8 Å². The monoisotopic (exact) mass is 383 g/mol. The molecule has 3 heterocycles. The number of fused-ring (bicyclic) bond motifs is 1. The molecule has 9 nitrogen and oxygen atoms in total. The Balaban J connectivity index is 1.75. The number of sulfonamides is 1. The zero-order valence-corrected chi connectivity index (χ0v) is 15.3. The fourth-order valence-electron chi connectivity index (χ4n) is 2.37. The minimum absolute atomic E-state index is 0.0665. The summed E-state index contributed by atoms with van der Waals surface area (Å²) in [5, 5.41) is 8.38. The van der Waals surface area contributed by atoms with Gasteiger partial charge < -0.3 is 0 Å². The average molecular weight is 383 g/mol. The second kappa shape index (κ2) is 6.65. The molecule has 2 aromatic heterocycles. The van der Waals surface area contributed by atoms with E-state index in [1.807, 2.05) is 0 Å². The molecular weight excluding hydrogens is 366 g/mol. The molecule has 0 atom stereocenters. The number of carbonyl (C=O) groups is 1. The van der Waals surface area contributed by atoms with Crippen LogP contribution in [0.2, 0.25) is 0 Å². The predicted molar refractivity (Wildman–Crippen MR) is 93.1 cm³/mol. The summed E-state index contributed by atoms with van der Waals surface area (Å²) in [4.78, 5) is 28.3. The maximum absolute atomic E-state index is 12.3. The first-order chi connectivity index (χ1) is 11.8. The van der Waals surface area contributed by atoms with Gasteiger partial charge in [-0.25, -0.2) is 18.5 Å². The molecular formula is C14H17N5O4S2.